The quantitative estimate of drug-likeness (QED) is 0.120. The van der Waals surface area contributed by atoms with Crippen molar-refractivity contribution < 1.29 is 42.8 Å². The lowest BCUT2D eigenvalue weighted by Gasteiger charge is -2.18. The molecule has 9 heteroatoms. The molecule has 0 radical (unpaired) electrons. The number of ether oxygens (including phenoxy) is 6. The first-order valence-corrected chi connectivity index (χ1v) is 8.22. The Morgan fingerprint density at radius 3 is 1.85 bits per heavy atom. The molecule has 27 heavy (non-hydrogen) atoms. The van der Waals surface area contributed by atoms with E-state index in [-0.39, 0.29) is 46.2 Å². The second kappa shape index (κ2) is 17.0. The van der Waals surface area contributed by atoms with Gasteiger partial charge in [-0.15, -0.1) is 0 Å². The molecule has 0 aromatic heterocycles. The molecule has 9 nitrogen and oxygen atoms in total. The fraction of sp³-hybridized carbons (Fsp3) is 0.500. The summed E-state index contributed by atoms with van der Waals surface area (Å²) < 4.78 is 30.5. The molecule has 0 fully saturated rings. The molecule has 0 rings (SSSR count). The van der Waals surface area contributed by atoms with Crippen molar-refractivity contribution in [1.82, 2.24) is 0 Å². The SMILES string of the molecule is C=CC(=O)OCCCOC(CCOC(=O)C=C)OCOCCOC(=O)C=C. The third-order valence-corrected chi connectivity index (χ3v) is 2.74. The Balaban J connectivity index is 4.04. The maximum absolute atomic E-state index is 11.0. The second-order valence-electron chi connectivity index (χ2n) is 4.75. The van der Waals surface area contributed by atoms with Crippen LogP contribution in [0.25, 0.3) is 0 Å². The molecule has 0 aliphatic heterocycles. The zero-order chi connectivity index (χ0) is 20.3. The van der Waals surface area contributed by atoms with Crippen LogP contribution in [-0.2, 0) is 42.8 Å². The van der Waals surface area contributed by atoms with Crippen molar-refractivity contribution in [3.8, 4) is 0 Å². The van der Waals surface area contributed by atoms with Crippen LogP contribution in [-0.4, -0.2) is 64.0 Å². The third kappa shape index (κ3) is 15.5. The molecule has 0 heterocycles. The molecule has 0 aliphatic rings. The van der Waals surface area contributed by atoms with E-state index in [9.17, 15) is 14.4 Å². The van der Waals surface area contributed by atoms with Gasteiger partial charge in [-0.1, -0.05) is 19.7 Å². The molecule has 0 N–H and O–H groups in total. The van der Waals surface area contributed by atoms with Crippen molar-refractivity contribution in [3.05, 3.63) is 38.0 Å². The van der Waals surface area contributed by atoms with Gasteiger partial charge in [0.1, 0.15) is 13.4 Å². The van der Waals surface area contributed by atoms with Gasteiger partial charge in [-0.3, -0.25) is 0 Å². The number of rotatable bonds is 17. The summed E-state index contributed by atoms with van der Waals surface area (Å²) in [5.74, 6) is -1.60. The van der Waals surface area contributed by atoms with Crippen molar-refractivity contribution in [2.75, 3.05) is 39.8 Å². The van der Waals surface area contributed by atoms with E-state index in [1.54, 1.807) is 0 Å². The maximum Gasteiger partial charge on any atom is 0.330 e. The molecule has 0 amide bonds. The predicted molar refractivity (Wildman–Crippen MR) is 94.3 cm³/mol. The van der Waals surface area contributed by atoms with E-state index in [1.807, 2.05) is 0 Å². The van der Waals surface area contributed by atoms with Gasteiger partial charge in [-0.2, -0.15) is 0 Å². The van der Waals surface area contributed by atoms with Crippen LogP contribution in [0.4, 0.5) is 0 Å². The minimum absolute atomic E-state index is 0.0609. The van der Waals surface area contributed by atoms with Gasteiger partial charge in [0.15, 0.2) is 6.29 Å². The maximum atomic E-state index is 11.0. The van der Waals surface area contributed by atoms with E-state index in [0.29, 0.717) is 6.42 Å². The molecule has 0 aromatic carbocycles. The first-order chi connectivity index (χ1) is 13.0. The first kappa shape index (κ1) is 24.5. The summed E-state index contributed by atoms with van der Waals surface area (Å²) in [4.78, 5) is 32.8. The lowest BCUT2D eigenvalue weighted by atomic mass is 10.4. The van der Waals surface area contributed by atoms with Crippen LogP contribution >= 0.6 is 0 Å². The van der Waals surface area contributed by atoms with Crippen LogP contribution in [0.1, 0.15) is 12.8 Å². The van der Waals surface area contributed by atoms with E-state index in [0.717, 1.165) is 18.2 Å². The van der Waals surface area contributed by atoms with Gasteiger partial charge in [-0.05, 0) is 0 Å². The Bertz CT molecular complexity index is 487. The lowest BCUT2D eigenvalue weighted by molar-refractivity contribution is -0.204. The second-order valence-corrected chi connectivity index (χ2v) is 4.75. The summed E-state index contributed by atoms with van der Waals surface area (Å²) in [6.07, 6.45) is 3.19. The Morgan fingerprint density at radius 1 is 0.704 bits per heavy atom. The average Bonchev–Trinajstić information content (AvgIpc) is 2.68. The highest BCUT2D eigenvalue weighted by Crippen LogP contribution is 2.04. The predicted octanol–water partition coefficient (Wildman–Crippen LogP) is 1.29. The average molecular weight is 386 g/mol. The normalized spacial score (nSPS) is 11.1. The number of carbonyl (C=O) groups excluding carboxylic acids is 3. The van der Waals surface area contributed by atoms with E-state index < -0.39 is 24.2 Å². The lowest BCUT2D eigenvalue weighted by Crippen LogP contribution is -2.23. The van der Waals surface area contributed by atoms with Gasteiger partial charge >= 0.3 is 17.9 Å². The van der Waals surface area contributed by atoms with Crippen LogP contribution in [0.15, 0.2) is 38.0 Å². The Kier molecular flexibility index (Phi) is 15.4. The van der Waals surface area contributed by atoms with Crippen LogP contribution in [0.5, 0.6) is 0 Å². The Labute approximate surface area is 158 Å². The summed E-state index contributed by atoms with van der Waals surface area (Å²) in [5.41, 5.74) is 0. The molecular formula is C18H26O9. The fourth-order valence-corrected chi connectivity index (χ4v) is 1.48. The molecule has 0 spiro atoms. The largest absolute Gasteiger partial charge is 0.462 e. The molecule has 0 aromatic rings. The highest BCUT2D eigenvalue weighted by Gasteiger charge is 2.11. The monoisotopic (exact) mass is 386 g/mol. The van der Waals surface area contributed by atoms with E-state index >= 15 is 0 Å². The molecule has 0 aliphatic carbocycles. The van der Waals surface area contributed by atoms with Crippen LogP contribution in [0, 0.1) is 0 Å². The van der Waals surface area contributed by atoms with Gasteiger partial charge < -0.3 is 28.4 Å². The summed E-state index contributed by atoms with van der Waals surface area (Å²) in [5, 5.41) is 0. The minimum Gasteiger partial charge on any atom is -0.462 e. The summed E-state index contributed by atoms with van der Waals surface area (Å²) in [6.45, 7) is 10.4. The highest BCUT2D eigenvalue weighted by atomic mass is 16.7. The summed E-state index contributed by atoms with van der Waals surface area (Å²) in [7, 11) is 0. The molecule has 0 saturated heterocycles. The number of hydrogen-bond acceptors (Lipinski definition) is 9. The molecule has 1 atom stereocenters. The Morgan fingerprint density at radius 2 is 1.26 bits per heavy atom. The summed E-state index contributed by atoms with van der Waals surface area (Å²) >= 11 is 0. The first-order valence-electron chi connectivity index (χ1n) is 8.22. The van der Waals surface area contributed by atoms with E-state index in [1.165, 1.54) is 0 Å². The van der Waals surface area contributed by atoms with E-state index in [4.69, 9.17) is 28.4 Å². The van der Waals surface area contributed by atoms with Crippen molar-refractivity contribution in [1.29, 1.82) is 0 Å². The topological polar surface area (TPSA) is 107 Å². The Hall–Kier alpha value is -2.49. The highest BCUT2D eigenvalue weighted by molar-refractivity contribution is 5.81. The fourth-order valence-electron chi connectivity index (χ4n) is 1.48. The van der Waals surface area contributed by atoms with Crippen LogP contribution in [0.2, 0.25) is 0 Å². The number of carbonyl (C=O) groups is 3. The molecular weight excluding hydrogens is 360 g/mol. The van der Waals surface area contributed by atoms with Crippen molar-refractivity contribution >= 4 is 17.9 Å². The number of hydrogen-bond donors (Lipinski definition) is 0. The van der Waals surface area contributed by atoms with Gasteiger partial charge in [0, 0.05) is 31.1 Å². The van der Waals surface area contributed by atoms with Gasteiger partial charge in [0.05, 0.1) is 26.4 Å². The standard InChI is InChI=1S/C18H26O9/c1-4-15(19)23-9-7-10-26-18(8-11-24-16(20)5-2)27-14-22-12-13-25-17(21)6-3/h4-6,18H,1-3,7-14H2. The van der Waals surface area contributed by atoms with Crippen molar-refractivity contribution in [3.63, 3.8) is 0 Å². The zero-order valence-electron chi connectivity index (χ0n) is 15.3. The third-order valence-electron chi connectivity index (χ3n) is 2.74. The van der Waals surface area contributed by atoms with E-state index in [2.05, 4.69) is 19.7 Å². The van der Waals surface area contributed by atoms with Gasteiger partial charge in [-0.25, -0.2) is 14.4 Å². The minimum atomic E-state index is -0.701. The van der Waals surface area contributed by atoms with Crippen molar-refractivity contribution in [2.24, 2.45) is 0 Å². The number of esters is 3. The molecule has 152 valence electrons. The molecule has 0 saturated carbocycles. The molecule has 1 unspecified atom stereocenters. The van der Waals surface area contributed by atoms with Crippen LogP contribution in [0.3, 0.4) is 0 Å². The van der Waals surface area contributed by atoms with Gasteiger partial charge in [0.2, 0.25) is 0 Å². The smallest absolute Gasteiger partial charge is 0.330 e. The molecule has 0 bridgehead atoms. The van der Waals surface area contributed by atoms with Gasteiger partial charge in [0.25, 0.3) is 0 Å². The van der Waals surface area contributed by atoms with Crippen LogP contribution < -0.4 is 0 Å². The van der Waals surface area contributed by atoms with Crippen molar-refractivity contribution in [2.45, 2.75) is 19.1 Å². The zero-order valence-corrected chi connectivity index (χ0v) is 15.3. The summed E-state index contributed by atoms with van der Waals surface area (Å²) in [6, 6.07) is 0.